The fourth-order valence-corrected chi connectivity index (χ4v) is 1.76. The standard InChI is InChI=1S/C14H15ClN4O2/c1-4-21-14(20)10-6-5-7-11(16-10)19(3)12-8-9(2)13(15)18-17-12/h5-8H,4H2,1-3H3. The van der Waals surface area contributed by atoms with Gasteiger partial charge in [-0.2, -0.15) is 0 Å². The number of hydrogen-bond acceptors (Lipinski definition) is 6. The van der Waals surface area contributed by atoms with Crippen molar-refractivity contribution in [3.8, 4) is 0 Å². The third-order valence-electron chi connectivity index (χ3n) is 2.82. The highest BCUT2D eigenvalue weighted by atomic mass is 35.5. The molecule has 0 amide bonds. The molecule has 110 valence electrons. The summed E-state index contributed by atoms with van der Waals surface area (Å²) in [6.45, 7) is 3.90. The van der Waals surface area contributed by atoms with Crippen LogP contribution in [0.5, 0.6) is 0 Å². The Bertz CT molecular complexity index is 663. The van der Waals surface area contributed by atoms with E-state index in [1.54, 1.807) is 43.1 Å². The Hall–Kier alpha value is -2.21. The SMILES string of the molecule is CCOC(=O)c1cccc(N(C)c2cc(C)c(Cl)nn2)n1. The third-order valence-corrected chi connectivity index (χ3v) is 3.19. The number of rotatable bonds is 4. The molecular weight excluding hydrogens is 292 g/mol. The lowest BCUT2D eigenvalue weighted by molar-refractivity contribution is 0.0519. The topological polar surface area (TPSA) is 68.2 Å². The molecule has 0 unspecified atom stereocenters. The number of aromatic nitrogens is 3. The minimum Gasteiger partial charge on any atom is -0.461 e. The molecule has 2 aromatic heterocycles. The van der Waals surface area contributed by atoms with Crippen LogP contribution in [0.4, 0.5) is 11.6 Å². The molecule has 2 aromatic rings. The molecule has 21 heavy (non-hydrogen) atoms. The molecule has 0 aromatic carbocycles. The molecule has 0 aliphatic heterocycles. The molecule has 0 atom stereocenters. The number of pyridine rings is 1. The Labute approximate surface area is 127 Å². The summed E-state index contributed by atoms with van der Waals surface area (Å²) in [5, 5.41) is 8.24. The summed E-state index contributed by atoms with van der Waals surface area (Å²) < 4.78 is 4.94. The third kappa shape index (κ3) is 3.46. The molecule has 0 aliphatic rings. The Kier molecular flexibility index (Phi) is 4.70. The number of carbonyl (C=O) groups is 1. The van der Waals surface area contributed by atoms with Crippen LogP contribution in [-0.4, -0.2) is 34.8 Å². The van der Waals surface area contributed by atoms with Crippen molar-refractivity contribution in [1.29, 1.82) is 0 Å². The van der Waals surface area contributed by atoms with Crippen molar-refractivity contribution in [2.45, 2.75) is 13.8 Å². The zero-order valence-corrected chi connectivity index (χ0v) is 12.8. The van der Waals surface area contributed by atoms with Gasteiger partial charge in [0.1, 0.15) is 5.82 Å². The van der Waals surface area contributed by atoms with Gasteiger partial charge < -0.3 is 9.64 Å². The number of carbonyl (C=O) groups excluding carboxylic acids is 1. The summed E-state index contributed by atoms with van der Waals surface area (Å²) in [4.78, 5) is 17.7. The summed E-state index contributed by atoms with van der Waals surface area (Å²) in [7, 11) is 1.79. The number of esters is 1. The number of hydrogen-bond donors (Lipinski definition) is 0. The highest BCUT2D eigenvalue weighted by molar-refractivity contribution is 6.30. The van der Waals surface area contributed by atoms with Crippen molar-refractivity contribution < 1.29 is 9.53 Å². The van der Waals surface area contributed by atoms with E-state index in [2.05, 4.69) is 15.2 Å². The van der Waals surface area contributed by atoms with Crippen LogP contribution in [0.25, 0.3) is 0 Å². The molecule has 0 radical (unpaired) electrons. The molecule has 0 saturated carbocycles. The van der Waals surface area contributed by atoms with E-state index in [0.29, 0.717) is 23.4 Å². The fraction of sp³-hybridized carbons (Fsp3) is 0.286. The molecule has 0 N–H and O–H groups in total. The first kappa shape index (κ1) is 15.2. The monoisotopic (exact) mass is 306 g/mol. The molecule has 0 spiro atoms. The largest absolute Gasteiger partial charge is 0.461 e. The lowest BCUT2D eigenvalue weighted by Gasteiger charge is -2.17. The Balaban J connectivity index is 2.30. The molecule has 0 fully saturated rings. The van der Waals surface area contributed by atoms with Crippen LogP contribution in [0, 0.1) is 6.92 Å². The van der Waals surface area contributed by atoms with Gasteiger partial charge in [0.15, 0.2) is 16.7 Å². The maximum Gasteiger partial charge on any atom is 0.356 e. The van der Waals surface area contributed by atoms with E-state index in [4.69, 9.17) is 16.3 Å². The molecule has 7 heteroatoms. The molecule has 2 heterocycles. The molecule has 0 saturated heterocycles. The van der Waals surface area contributed by atoms with E-state index < -0.39 is 5.97 Å². The summed E-state index contributed by atoms with van der Waals surface area (Å²) in [6, 6.07) is 6.91. The van der Waals surface area contributed by atoms with Gasteiger partial charge in [-0.1, -0.05) is 17.7 Å². The second-order valence-corrected chi connectivity index (χ2v) is 4.69. The fourth-order valence-electron chi connectivity index (χ4n) is 1.67. The van der Waals surface area contributed by atoms with Gasteiger partial charge in [-0.05, 0) is 37.6 Å². The van der Waals surface area contributed by atoms with Crippen molar-refractivity contribution in [2.24, 2.45) is 0 Å². The van der Waals surface area contributed by atoms with Gasteiger partial charge in [0.2, 0.25) is 0 Å². The minimum atomic E-state index is -0.453. The van der Waals surface area contributed by atoms with E-state index in [1.807, 2.05) is 6.92 Å². The number of aryl methyl sites for hydroxylation is 1. The lowest BCUT2D eigenvalue weighted by Crippen LogP contribution is -2.16. The van der Waals surface area contributed by atoms with Crippen LogP contribution >= 0.6 is 11.6 Å². The highest BCUT2D eigenvalue weighted by Gasteiger charge is 2.13. The van der Waals surface area contributed by atoms with Crippen LogP contribution in [-0.2, 0) is 4.74 Å². The predicted molar refractivity (Wildman–Crippen MR) is 80.0 cm³/mol. The van der Waals surface area contributed by atoms with E-state index in [9.17, 15) is 4.79 Å². The Morgan fingerprint density at radius 2 is 2.10 bits per heavy atom. The number of anilines is 2. The van der Waals surface area contributed by atoms with Gasteiger partial charge in [0.05, 0.1) is 6.61 Å². The van der Waals surface area contributed by atoms with Crippen LogP contribution in [0.1, 0.15) is 23.0 Å². The van der Waals surface area contributed by atoms with E-state index in [0.717, 1.165) is 5.56 Å². The minimum absolute atomic E-state index is 0.250. The normalized spacial score (nSPS) is 10.3. The van der Waals surface area contributed by atoms with Crippen LogP contribution < -0.4 is 4.90 Å². The van der Waals surface area contributed by atoms with Gasteiger partial charge in [-0.15, -0.1) is 10.2 Å². The van der Waals surface area contributed by atoms with Crippen molar-refractivity contribution in [3.05, 3.63) is 40.7 Å². The molecule has 6 nitrogen and oxygen atoms in total. The van der Waals surface area contributed by atoms with Crippen molar-refractivity contribution in [1.82, 2.24) is 15.2 Å². The Morgan fingerprint density at radius 3 is 2.76 bits per heavy atom. The first-order valence-electron chi connectivity index (χ1n) is 6.40. The van der Waals surface area contributed by atoms with Crippen molar-refractivity contribution in [2.75, 3.05) is 18.6 Å². The van der Waals surface area contributed by atoms with Crippen LogP contribution in [0.15, 0.2) is 24.3 Å². The number of halogens is 1. The average molecular weight is 307 g/mol. The van der Waals surface area contributed by atoms with Gasteiger partial charge >= 0.3 is 5.97 Å². The smallest absolute Gasteiger partial charge is 0.356 e. The maximum absolute atomic E-state index is 11.7. The molecule has 2 rings (SSSR count). The molecular formula is C14H15ClN4O2. The summed E-state index contributed by atoms with van der Waals surface area (Å²) in [5.41, 5.74) is 1.06. The zero-order chi connectivity index (χ0) is 15.4. The van der Waals surface area contributed by atoms with Crippen molar-refractivity contribution >= 4 is 29.2 Å². The first-order valence-corrected chi connectivity index (χ1v) is 6.78. The summed E-state index contributed by atoms with van der Waals surface area (Å²) in [5.74, 6) is 0.702. The van der Waals surface area contributed by atoms with Crippen molar-refractivity contribution in [3.63, 3.8) is 0 Å². The summed E-state index contributed by atoms with van der Waals surface area (Å²) in [6.07, 6.45) is 0. The predicted octanol–water partition coefficient (Wildman–Crippen LogP) is 2.78. The maximum atomic E-state index is 11.7. The lowest BCUT2D eigenvalue weighted by atomic mass is 10.3. The van der Waals surface area contributed by atoms with Gasteiger partial charge in [0, 0.05) is 7.05 Å². The van der Waals surface area contributed by atoms with Crippen LogP contribution in [0.2, 0.25) is 5.15 Å². The average Bonchev–Trinajstić information content (AvgIpc) is 2.49. The highest BCUT2D eigenvalue weighted by Crippen LogP contribution is 2.22. The second-order valence-electron chi connectivity index (χ2n) is 4.34. The first-order chi connectivity index (χ1) is 10.0. The number of nitrogens with zero attached hydrogens (tertiary/aromatic N) is 4. The zero-order valence-electron chi connectivity index (χ0n) is 12.0. The second kappa shape index (κ2) is 6.49. The van der Waals surface area contributed by atoms with Gasteiger partial charge in [0.25, 0.3) is 0 Å². The van der Waals surface area contributed by atoms with Gasteiger partial charge in [-0.25, -0.2) is 9.78 Å². The molecule has 0 bridgehead atoms. The Morgan fingerprint density at radius 1 is 1.33 bits per heavy atom. The van der Waals surface area contributed by atoms with E-state index in [1.165, 1.54) is 0 Å². The number of ether oxygens (including phenoxy) is 1. The quantitative estimate of drug-likeness (QED) is 0.809. The summed E-state index contributed by atoms with van der Waals surface area (Å²) >= 11 is 5.86. The van der Waals surface area contributed by atoms with E-state index >= 15 is 0 Å². The molecule has 0 aliphatic carbocycles. The van der Waals surface area contributed by atoms with Gasteiger partial charge in [-0.3, -0.25) is 0 Å². The van der Waals surface area contributed by atoms with E-state index in [-0.39, 0.29) is 5.69 Å². The van der Waals surface area contributed by atoms with Crippen LogP contribution in [0.3, 0.4) is 0 Å².